The number of hydrogen-bond donors (Lipinski definition) is 1. The zero-order chi connectivity index (χ0) is 18.8. The third kappa shape index (κ3) is 5.87. The predicted molar refractivity (Wildman–Crippen MR) is 105 cm³/mol. The number of unbranched alkanes of at least 4 members (excludes halogenated alkanes) is 5. The molecule has 1 atom stereocenters. The van der Waals surface area contributed by atoms with E-state index in [1.54, 1.807) is 6.07 Å². The number of methoxy groups -OCH3 is 1. The van der Waals surface area contributed by atoms with Gasteiger partial charge in [0, 0.05) is 5.56 Å². The second kappa shape index (κ2) is 10.6. The number of amides is 1. The third-order valence-corrected chi connectivity index (χ3v) is 4.65. The molecule has 0 fully saturated rings. The van der Waals surface area contributed by atoms with E-state index in [0.29, 0.717) is 12.0 Å². The highest BCUT2D eigenvalue weighted by Crippen LogP contribution is 2.16. The number of ether oxygens (including phenoxy) is 1. The van der Waals surface area contributed by atoms with Crippen LogP contribution in [0.1, 0.15) is 62.2 Å². The molecule has 140 valence electrons. The molecule has 0 aliphatic carbocycles. The van der Waals surface area contributed by atoms with E-state index < -0.39 is 6.04 Å². The molecule has 0 bridgehead atoms. The fourth-order valence-corrected chi connectivity index (χ4v) is 3.09. The van der Waals surface area contributed by atoms with Crippen LogP contribution in [0.5, 0.6) is 0 Å². The first-order valence-electron chi connectivity index (χ1n) is 9.53. The highest BCUT2D eigenvalue weighted by molar-refractivity contribution is 6.00. The zero-order valence-electron chi connectivity index (χ0n) is 15.8. The maximum atomic E-state index is 12.6. The average Bonchev–Trinajstić information content (AvgIpc) is 2.68. The van der Waals surface area contributed by atoms with Gasteiger partial charge in [0.2, 0.25) is 0 Å². The summed E-state index contributed by atoms with van der Waals surface area (Å²) in [6, 6.07) is 12.9. The Bertz CT molecular complexity index is 726. The molecule has 2 rings (SSSR count). The van der Waals surface area contributed by atoms with Crippen LogP contribution in [-0.4, -0.2) is 25.0 Å². The number of benzene rings is 2. The Morgan fingerprint density at radius 3 is 2.38 bits per heavy atom. The second-order valence-corrected chi connectivity index (χ2v) is 6.67. The molecule has 0 radical (unpaired) electrons. The monoisotopic (exact) mass is 355 g/mol. The number of fused-ring (bicyclic) bond motifs is 1. The van der Waals surface area contributed by atoms with Crippen molar-refractivity contribution in [2.75, 3.05) is 7.11 Å². The standard InChI is InChI=1S/C22H29NO3/c1-3-4-5-6-7-8-13-20(22(25)26-2)23-21(24)19-15-14-17-11-9-10-12-18(17)16-19/h9-12,14-16,20H,3-8,13H2,1-2H3,(H,23,24)/t20-/m1/s1. The molecular formula is C22H29NO3. The molecule has 2 aromatic carbocycles. The summed E-state index contributed by atoms with van der Waals surface area (Å²) < 4.78 is 4.86. The SMILES string of the molecule is CCCCCCCC[C@@H](NC(=O)c1ccc2ccccc2c1)C(=O)OC. The van der Waals surface area contributed by atoms with Crippen molar-refractivity contribution in [1.29, 1.82) is 0 Å². The smallest absolute Gasteiger partial charge is 0.328 e. The van der Waals surface area contributed by atoms with Crippen molar-refractivity contribution in [3.05, 3.63) is 48.0 Å². The summed E-state index contributed by atoms with van der Waals surface area (Å²) in [6.45, 7) is 2.19. The maximum Gasteiger partial charge on any atom is 0.328 e. The summed E-state index contributed by atoms with van der Waals surface area (Å²) in [4.78, 5) is 24.6. The van der Waals surface area contributed by atoms with Crippen LogP contribution in [0, 0.1) is 0 Å². The van der Waals surface area contributed by atoms with Crippen LogP contribution >= 0.6 is 0 Å². The van der Waals surface area contributed by atoms with Gasteiger partial charge in [0.25, 0.3) is 5.91 Å². The highest BCUT2D eigenvalue weighted by Gasteiger charge is 2.21. The first-order chi connectivity index (χ1) is 12.7. The number of carbonyl (C=O) groups excluding carboxylic acids is 2. The molecule has 0 aromatic heterocycles. The molecular weight excluding hydrogens is 326 g/mol. The highest BCUT2D eigenvalue weighted by atomic mass is 16.5. The first kappa shape index (κ1) is 20.0. The van der Waals surface area contributed by atoms with Crippen LogP contribution < -0.4 is 5.32 Å². The quantitative estimate of drug-likeness (QED) is 0.489. The molecule has 4 nitrogen and oxygen atoms in total. The fourth-order valence-electron chi connectivity index (χ4n) is 3.09. The van der Waals surface area contributed by atoms with Crippen LogP contribution in [0.15, 0.2) is 42.5 Å². The Kier molecular flexibility index (Phi) is 8.13. The van der Waals surface area contributed by atoms with E-state index in [1.165, 1.54) is 32.8 Å². The molecule has 0 aliphatic heterocycles. The summed E-state index contributed by atoms with van der Waals surface area (Å²) in [5.74, 6) is -0.621. The zero-order valence-corrected chi connectivity index (χ0v) is 15.8. The van der Waals surface area contributed by atoms with Crippen LogP contribution in [-0.2, 0) is 9.53 Å². The van der Waals surface area contributed by atoms with Gasteiger partial charge in [0.05, 0.1) is 7.11 Å². The van der Waals surface area contributed by atoms with E-state index in [4.69, 9.17) is 4.74 Å². The number of esters is 1. The lowest BCUT2D eigenvalue weighted by Gasteiger charge is -2.16. The molecule has 0 unspecified atom stereocenters. The van der Waals surface area contributed by atoms with Crippen LogP contribution in [0.2, 0.25) is 0 Å². The molecule has 4 heteroatoms. The minimum absolute atomic E-state index is 0.239. The fraction of sp³-hybridized carbons (Fsp3) is 0.455. The van der Waals surface area contributed by atoms with E-state index in [2.05, 4.69) is 12.2 Å². The van der Waals surface area contributed by atoms with Crippen LogP contribution in [0.3, 0.4) is 0 Å². The van der Waals surface area contributed by atoms with Crippen molar-refractivity contribution in [3.8, 4) is 0 Å². The van der Waals surface area contributed by atoms with Crippen molar-refractivity contribution >= 4 is 22.6 Å². The van der Waals surface area contributed by atoms with Gasteiger partial charge in [-0.25, -0.2) is 4.79 Å². The van der Waals surface area contributed by atoms with Crippen LogP contribution in [0.25, 0.3) is 10.8 Å². The van der Waals surface area contributed by atoms with E-state index >= 15 is 0 Å². The van der Waals surface area contributed by atoms with Crippen molar-refractivity contribution in [3.63, 3.8) is 0 Å². The van der Waals surface area contributed by atoms with Gasteiger partial charge in [0.1, 0.15) is 6.04 Å². The Morgan fingerprint density at radius 2 is 1.65 bits per heavy atom. The van der Waals surface area contributed by atoms with Crippen molar-refractivity contribution in [1.82, 2.24) is 5.32 Å². The minimum Gasteiger partial charge on any atom is -0.467 e. The summed E-state index contributed by atoms with van der Waals surface area (Å²) in [5, 5.41) is 4.93. The topological polar surface area (TPSA) is 55.4 Å². The maximum absolute atomic E-state index is 12.6. The molecule has 26 heavy (non-hydrogen) atoms. The Hall–Kier alpha value is -2.36. The van der Waals surface area contributed by atoms with Gasteiger partial charge < -0.3 is 10.1 Å². The average molecular weight is 355 g/mol. The third-order valence-electron chi connectivity index (χ3n) is 4.65. The molecule has 0 heterocycles. The lowest BCUT2D eigenvalue weighted by atomic mass is 10.0. The number of rotatable bonds is 10. The number of nitrogens with one attached hydrogen (secondary N) is 1. The van der Waals surface area contributed by atoms with E-state index in [-0.39, 0.29) is 11.9 Å². The van der Waals surface area contributed by atoms with Crippen LogP contribution in [0.4, 0.5) is 0 Å². The summed E-state index contributed by atoms with van der Waals surface area (Å²) in [6.07, 6.45) is 7.44. The summed E-state index contributed by atoms with van der Waals surface area (Å²) in [5.41, 5.74) is 0.556. The van der Waals surface area contributed by atoms with Gasteiger partial charge in [-0.3, -0.25) is 4.79 Å². The normalized spacial score (nSPS) is 11.9. The van der Waals surface area contributed by atoms with Crippen molar-refractivity contribution < 1.29 is 14.3 Å². The largest absolute Gasteiger partial charge is 0.467 e. The molecule has 0 saturated carbocycles. The summed E-state index contributed by atoms with van der Waals surface area (Å²) >= 11 is 0. The van der Waals surface area contributed by atoms with E-state index in [0.717, 1.165) is 23.6 Å². The van der Waals surface area contributed by atoms with Gasteiger partial charge in [-0.05, 0) is 29.3 Å². The minimum atomic E-state index is -0.592. The molecule has 0 saturated heterocycles. The lowest BCUT2D eigenvalue weighted by molar-refractivity contribution is -0.143. The lowest BCUT2D eigenvalue weighted by Crippen LogP contribution is -2.41. The van der Waals surface area contributed by atoms with Gasteiger partial charge in [-0.2, -0.15) is 0 Å². The predicted octanol–water partition coefficient (Wildman–Crippen LogP) is 4.86. The van der Waals surface area contributed by atoms with Gasteiger partial charge in [0.15, 0.2) is 0 Å². The second-order valence-electron chi connectivity index (χ2n) is 6.67. The van der Waals surface area contributed by atoms with E-state index in [1.807, 2.05) is 36.4 Å². The summed E-state index contributed by atoms with van der Waals surface area (Å²) in [7, 11) is 1.36. The Morgan fingerprint density at radius 1 is 0.962 bits per heavy atom. The molecule has 0 spiro atoms. The van der Waals surface area contributed by atoms with Gasteiger partial charge in [-0.1, -0.05) is 75.8 Å². The van der Waals surface area contributed by atoms with Crippen molar-refractivity contribution in [2.45, 2.75) is 57.9 Å². The Balaban J connectivity index is 1.95. The van der Waals surface area contributed by atoms with Gasteiger partial charge in [-0.15, -0.1) is 0 Å². The molecule has 2 aromatic rings. The van der Waals surface area contributed by atoms with E-state index in [9.17, 15) is 9.59 Å². The van der Waals surface area contributed by atoms with Crippen molar-refractivity contribution in [2.24, 2.45) is 0 Å². The Labute approximate surface area is 155 Å². The first-order valence-corrected chi connectivity index (χ1v) is 9.53. The number of hydrogen-bond acceptors (Lipinski definition) is 3. The van der Waals surface area contributed by atoms with Gasteiger partial charge >= 0.3 is 5.97 Å². The molecule has 0 aliphatic rings. The molecule has 1 amide bonds. The number of carbonyl (C=O) groups is 2. The molecule has 1 N–H and O–H groups in total.